The maximum atomic E-state index is 11.7. The topological polar surface area (TPSA) is 59.6 Å². The number of alkyl carbamates (subject to hydrolysis) is 1. The highest BCUT2D eigenvalue weighted by atomic mass is 16.5. The van der Waals surface area contributed by atoms with Gasteiger partial charge in [0.2, 0.25) is 0 Å². The van der Waals surface area contributed by atoms with Crippen molar-refractivity contribution in [3.05, 3.63) is 35.9 Å². The molecule has 1 aliphatic heterocycles. The molecule has 1 heterocycles. The Morgan fingerprint density at radius 3 is 2.95 bits per heavy atom. The van der Waals surface area contributed by atoms with Gasteiger partial charge in [0.05, 0.1) is 12.1 Å². The van der Waals surface area contributed by atoms with Crippen LogP contribution in [0, 0.1) is 0 Å². The quantitative estimate of drug-likeness (QED) is 0.860. The molecule has 1 fully saturated rings. The fourth-order valence-corrected chi connectivity index (χ4v) is 2.18. The summed E-state index contributed by atoms with van der Waals surface area (Å²) in [6.07, 6.45) is 0.533. The fourth-order valence-electron chi connectivity index (χ4n) is 2.18. The van der Waals surface area contributed by atoms with Crippen molar-refractivity contribution < 1.29 is 14.3 Å². The van der Waals surface area contributed by atoms with E-state index < -0.39 is 6.09 Å². The number of carbonyl (C=O) groups excluding carboxylic acids is 1. The number of ether oxygens (including phenoxy) is 2. The third-order valence-corrected chi connectivity index (χ3v) is 3.24. The van der Waals surface area contributed by atoms with Gasteiger partial charge in [-0.05, 0) is 18.5 Å². The molecule has 2 N–H and O–H groups in total. The van der Waals surface area contributed by atoms with Crippen molar-refractivity contribution in [3.63, 3.8) is 0 Å². The smallest absolute Gasteiger partial charge is 0.407 e. The van der Waals surface area contributed by atoms with E-state index >= 15 is 0 Å². The second-order valence-corrected chi connectivity index (χ2v) is 4.58. The highest BCUT2D eigenvalue weighted by Gasteiger charge is 2.26. The number of hydrogen-bond acceptors (Lipinski definition) is 4. The fraction of sp³-hybridized carbons (Fsp3) is 0.500. The van der Waals surface area contributed by atoms with Gasteiger partial charge in [0.25, 0.3) is 0 Å². The SMILES string of the molecule is CO[C@@H]1CCNC[C@@H]1NC(=O)OCc1ccccc1. The summed E-state index contributed by atoms with van der Waals surface area (Å²) < 4.78 is 10.5. The lowest BCUT2D eigenvalue weighted by Gasteiger charge is -2.31. The number of carbonyl (C=O) groups is 1. The Hall–Kier alpha value is -1.59. The molecule has 0 aliphatic carbocycles. The van der Waals surface area contributed by atoms with E-state index in [1.165, 1.54) is 0 Å². The van der Waals surface area contributed by atoms with Crippen LogP contribution < -0.4 is 10.6 Å². The van der Waals surface area contributed by atoms with Gasteiger partial charge in [0.1, 0.15) is 6.61 Å². The molecular formula is C14H20N2O3. The summed E-state index contributed by atoms with van der Waals surface area (Å²) in [5, 5.41) is 6.07. The van der Waals surface area contributed by atoms with Crippen molar-refractivity contribution in [1.82, 2.24) is 10.6 Å². The Balaban J connectivity index is 1.77. The molecule has 0 spiro atoms. The van der Waals surface area contributed by atoms with Crippen molar-refractivity contribution >= 4 is 6.09 Å². The van der Waals surface area contributed by atoms with Crippen LogP contribution in [0.4, 0.5) is 4.79 Å². The van der Waals surface area contributed by atoms with Crippen molar-refractivity contribution in [2.75, 3.05) is 20.2 Å². The molecular weight excluding hydrogens is 244 g/mol. The van der Waals surface area contributed by atoms with Gasteiger partial charge in [-0.2, -0.15) is 0 Å². The molecule has 1 aromatic carbocycles. The van der Waals surface area contributed by atoms with E-state index in [0.29, 0.717) is 6.54 Å². The lowest BCUT2D eigenvalue weighted by atomic mass is 10.0. The molecule has 0 unspecified atom stereocenters. The van der Waals surface area contributed by atoms with Crippen LogP contribution in [0.5, 0.6) is 0 Å². The third kappa shape index (κ3) is 4.22. The molecule has 1 saturated heterocycles. The van der Waals surface area contributed by atoms with Crippen LogP contribution in [-0.4, -0.2) is 38.4 Å². The van der Waals surface area contributed by atoms with Gasteiger partial charge in [-0.15, -0.1) is 0 Å². The summed E-state index contributed by atoms with van der Waals surface area (Å²) in [5.41, 5.74) is 0.975. The summed E-state index contributed by atoms with van der Waals surface area (Å²) in [6.45, 7) is 1.90. The number of hydrogen-bond donors (Lipinski definition) is 2. The van der Waals surface area contributed by atoms with E-state index in [1.807, 2.05) is 30.3 Å². The first-order valence-electron chi connectivity index (χ1n) is 6.50. The van der Waals surface area contributed by atoms with E-state index in [1.54, 1.807) is 7.11 Å². The van der Waals surface area contributed by atoms with E-state index in [2.05, 4.69) is 10.6 Å². The maximum Gasteiger partial charge on any atom is 0.407 e. The van der Waals surface area contributed by atoms with Gasteiger partial charge >= 0.3 is 6.09 Å². The summed E-state index contributed by atoms with van der Waals surface area (Å²) >= 11 is 0. The summed E-state index contributed by atoms with van der Waals surface area (Å²) in [7, 11) is 1.67. The van der Waals surface area contributed by atoms with E-state index in [9.17, 15) is 4.79 Å². The number of amides is 1. The van der Waals surface area contributed by atoms with Gasteiger partial charge in [-0.3, -0.25) is 0 Å². The van der Waals surface area contributed by atoms with E-state index in [0.717, 1.165) is 18.5 Å². The molecule has 0 bridgehead atoms. The van der Waals surface area contributed by atoms with Crippen molar-refractivity contribution in [2.45, 2.75) is 25.2 Å². The summed E-state index contributed by atoms with van der Waals surface area (Å²) in [6, 6.07) is 9.58. The van der Waals surface area contributed by atoms with E-state index in [-0.39, 0.29) is 18.8 Å². The highest BCUT2D eigenvalue weighted by molar-refractivity contribution is 5.67. The van der Waals surface area contributed by atoms with Crippen molar-refractivity contribution in [1.29, 1.82) is 0 Å². The second kappa shape index (κ2) is 7.11. The highest BCUT2D eigenvalue weighted by Crippen LogP contribution is 2.08. The Kier molecular flexibility index (Phi) is 5.18. The zero-order valence-corrected chi connectivity index (χ0v) is 11.1. The molecule has 0 aromatic heterocycles. The monoisotopic (exact) mass is 264 g/mol. The Labute approximate surface area is 113 Å². The Morgan fingerprint density at radius 1 is 1.42 bits per heavy atom. The predicted molar refractivity (Wildman–Crippen MR) is 71.8 cm³/mol. The summed E-state index contributed by atoms with van der Waals surface area (Å²) in [4.78, 5) is 11.7. The number of methoxy groups -OCH3 is 1. The van der Waals surface area contributed by atoms with Crippen molar-refractivity contribution in [2.24, 2.45) is 0 Å². The number of nitrogens with one attached hydrogen (secondary N) is 2. The first kappa shape index (κ1) is 13.8. The van der Waals surface area contributed by atoms with Gasteiger partial charge in [0, 0.05) is 13.7 Å². The van der Waals surface area contributed by atoms with Crippen LogP contribution >= 0.6 is 0 Å². The molecule has 1 amide bonds. The molecule has 1 aliphatic rings. The molecule has 0 saturated carbocycles. The first-order chi connectivity index (χ1) is 9.29. The third-order valence-electron chi connectivity index (χ3n) is 3.24. The number of rotatable bonds is 4. The van der Waals surface area contributed by atoms with Crippen LogP contribution in [0.25, 0.3) is 0 Å². The predicted octanol–water partition coefficient (Wildman–Crippen LogP) is 1.29. The average molecular weight is 264 g/mol. The Morgan fingerprint density at radius 2 is 2.21 bits per heavy atom. The molecule has 19 heavy (non-hydrogen) atoms. The minimum Gasteiger partial charge on any atom is -0.445 e. The lowest BCUT2D eigenvalue weighted by molar-refractivity contribution is 0.0443. The number of piperidine rings is 1. The van der Waals surface area contributed by atoms with Crippen LogP contribution in [0.15, 0.2) is 30.3 Å². The number of benzene rings is 1. The standard InChI is InChI=1S/C14H20N2O3/c1-18-13-7-8-15-9-12(13)16-14(17)19-10-11-5-3-2-4-6-11/h2-6,12-13,15H,7-10H2,1H3,(H,16,17)/t12-,13+/m0/s1. The first-order valence-corrected chi connectivity index (χ1v) is 6.50. The molecule has 2 atom stereocenters. The zero-order valence-electron chi connectivity index (χ0n) is 11.1. The minimum absolute atomic E-state index is 0.0398. The van der Waals surface area contributed by atoms with Crippen LogP contribution in [0.1, 0.15) is 12.0 Å². The van der Waals surface area contributed by atoms with Crippen LogP contribution in [-0.2, 0) is 16.1 Å². The van der Waals surface area contributed by atoms with Crippen LogP contribution in [0.2, 0.25) is 0 Å². The van der Waals surface area contributed by atoms with Crippen molar-refractivity contribution in [3.8, 4) is 0 Å². The van der Waals surface area contributed by atoms with Gasteiger partial charge in [0.15, 0.2) is 0 Å². The Bertz CT molecular complexity index is 397. The average Bonchev–Trinajstić information content (AvgIpc) is 2.47. The largest absolute Gasteiger partial charge is 0.445 e. The molecule has 1 aromatic rings. The minimum atomic E-state index is -0.403. The zero-order chi connectivity index (χ0) is 13.5. The normalized spacial score (nSPS) is 22.8. The molecule has 0 radical (unpaired) electrons. The summed E-state index contributed by atoms with van der Waals surface area (Å²) in [5.74, 6) is 0. The molecule has 2 rings (SSSR count). The van der Waals surface area contributed by atoms with Gasteiger partial charge in [-0.25, -0.2) is 4.79 Å². The second-order valence-electron chi connectivity index (χ2n) is 4.58. The maximum absolute atomic E-state index is 11.7. The molecule has 5 heteroatoms. The molecule has 104 valence electrons. The van der Waals surface area contributed by atoms with Gasteiger partial charge < -0.3 is 20.1 Å². The van der Waals surface area contributed by atoms with Crippen LogP contribution in [0.3, 0.4) is 0 Å². The molecule has 5 nitrogen and oxygen atoms in total. The lowest BCUT2D eigenvalue weighted by Crippen LogP contribution is -2.54. The van der Waals surface area contributed by atoms with E-state index in [4.69, 9.17) is 9.47 Å². The van der Waals surface area contributed by atoms with Gasteiger partial charge in [-0.1, -0.05) is 30.3 Å².